The normalized spacial score (nSPS) is 17.4. The molecule has 0 heterocycles. The smallest absolute Gasteiger partial charge is 0.226 e. The van der Waals surface area contributed by atoms with E-state index in [4.69, 9.17) is 0 Å². The van der Waals surface area contributed by atoms with Gasteiger partial charge in [0.2, 0.25) is 5.91 Å². The number of hydrogen-bond donors (Lipinski definition) is 1. The highest BCUT2D eigenvalue weighted by molar-refractivity contribution is 5.78. The standard InChI is InChI=1S/C15H20FNO2/c1-17(11-15(19)8-2-3-9-15)14(18)10-12-4-6-13(16)7-5-12/h4-7,19H,2-3,8-11H2,1H3. The Balaban J connectivity index is 1.90. The summed E-state index contributed by atoms with van der Waals surface area (Å²) in [5.74, 6) is -0.350. The first-order chi connectivity index (χ1) is 8.98. The number of hydrogen-bond acceptors (Lipinski definition) is 2. The fourth-order valence-electron chi connectivity index (χ4n) is 2.63. The second-order valence-corrected chi connectivity index (χ2v) is 5.48. The van der Waals surface area contributed by atoms with E-state index in [-0.39, 0.29) is 18.1 Å². The molecule has 3 nitrogen and oxygen atoms in total. The van der Waals surface area contributed by atoms with Crippen LogP contribution in [0.25, 0.3) is 0 Å². The number of likely N-dealkylation sites (N-methyl/N-ethyl adjacent to an activating group) is 1. The van der Waals surface area contributed by atoms with E-state index >= 15 is 0 Å². The number of aliphatic hydroxyl groups is 1. The van der Waals surface area contributed by atoms with Gasteiger partial charge in [-0.1, -0.05) is 25.0 Å². The second-order valence-electron chi connectivity index (χ2n) is 5.48. The van der Waals surface area contributed by atoms with E-state index < -0.39 is 5.60 Å². The zero-order valence-electron chi connectivity index (χ0n) is 11.2. The lowest BCUT2D eigenvalue weighted by molar-refractivity contribution is -0.132. The number of rotatable bonds is 4. The maximum Gasteiger partial charge on any atom is 0.226 e. The number of carbonyl (C=O) groups excluding carboxylic acids is 1. The van der Waals surface area contributed by atoms with E-state index in [1.54, 1.807) is 24.1 Å². The van der Waals surface area contributed by atoms with Gasteiger partial charge in [0.1, 0.15) is 5.82 Å². The third kappa shape index (κ3) is 3.77. The molecule has 4 heteroatoms. The van der Waals surface area contributed by atoms with Gasteiger partial charge in [0.25, 0.3) is 0 Å². The van der Waals surface area contributed by atoms with Crippen LogP contribution in [0.2, 0.25) is 0 Å². The van der Waals surface area contributed by atoms with Crippen LogP contribution >= 0.6 is 0 Å². The number of halogens is 1. The molecule has 0 spiro atoms. The van der Waals surface area contributed by atoms with Crippen LogP contribution in [0.15, 0.2) is 24.3 Å². The molecule has 1 fully saturated rings. The summed E-state index contributed by atoms with van der Waals surface area (Å²) >= 11 is 0. The maximum atomic E-state index is 12.8. The number of benzene rings is 1. The van der Waals surface area contributed by atoms with Crippen molar-refractivity contribution < 1.29 is 14.3 Å². The molecule has 1 aliphatic rings. The van der Waals surface area contributed by atoms with Gasteiger partial charge in [-0.25, -0.2) is 4.39 Å². The van der Waals surface area contributed by atoms with Crippen LogP contribution in [0.1, 0.15) is 31.2 Å². The Kier molecular flexibility index (Phi) is 4.20. The van der Waals surface area contributed by atoms with Crippen LogP contribution in [-0.2, 0) is 11.2 Å². The third-order valence-corrected chi connectivity index (χ3v) is 3.76. The molecule has 1 saturated carbocycles. The molecule has 0 saturated heterocycles. The van der Waals surface area contributed by atoms with Crippen molar-refractivity contribution in [3.05, 3.63) is 35.6 Å². The van der Waals surface area contributed by atoms with Gasteiger partial charge in [-0.2, -0.15) is 0 Å². The predicted octanol–water partition coefficient (Wildman–Crippen LogP) is 2.13. The Morgan fingerprint density at radius 1 is 1.32 bits per heavy atom. The van der Waals surface area contributed by atoms with E-state index in [1.165, 1.54) is 12.1 Å². The van der Waals surface area contributed by atoms with Crippen molar-refractivity contribution in [3.8, 4) is 0 Å². The molecule has 0 unspecified atom stereocenters. The van der Waals surface area contributed by atoms with Crippen LogP contribution in [0.4, 0.5) is 4.39 Å². The first kappa shape index (κ1) is 14.0. The summed E-state index contributed by atoms with van der Waals surface area (Å²) in [5.41, 5.74) is 0.0735. The van der Waals surface area contributed by atoms with Crippen LogP contribution < -0.4 is 0 Å². The summed E-state index contributed by atoms with van der Waals surface area (Å²) in [6, 6.07) is 5.94. The molecular weight excluding hydrogens is 245 g/mol. The summed E-state index contributed by atoms with van der Waals surface area (Å²) in [7, 11) is 1.71. The Bertz CT molecular complexity index is 438. The third-order valence-electron chi connectivity index (χ3n) is 3.76. The van der Waals surface area contributed by atoms with Crippen molar-refractivity contribution in [2.45, 2.75) is 37.7 Å². The monoisotopic (exact) mass is 265 g/mol. The first-order valence-electron chi connectivity index (χ1n) is 6.69. The molecule has 1 N–H and O–H groups in total. The number of amides is 1. The van der Waals surface area contributed by atoms with Crippen molar-refractivity contribution in [1.82, 2.24) is 4.90 Å². The molecule has 1 aliphatic carbocycles. The first-order valence-corrected chi connectivity index (χ1v) is 6.69. The van der Waals surface area contributed by atoms with E-state index in [0.29, 0.717) is 6.54 Å². The fourth-order valence-corrected chi connectivity index (χ4v) is 2.63. The molecule has 1 aromatic rings. The highest BCUT2D eigenvalue weighted by Gasteiger charge is 2.33. The van der Waals surface area contributed by atoms with Crippen LogP contribution in [0, 0.1) is 5.82 Å². The van der Waals surface area contributed by atoms with E-state index in [9.17, 15) is 14.3 Å². The molecule has 1 aromatic carbocycles. The van der Waals surface area contributed by atoms with Gasteiger partial charge in [-0.15, -0.1) is 0 Å². The summed E-state index contributed by atoms with van der Waals surface area (Å²) in [6.07, 6.45) is 3.82. The fraction of sp³-hybridized carbons (Fsp3) is 0.533. The molecule has 0 aromatic heterocycles. The second kappa shape index (κ2) is 5.70. The predicted molar refractivity (Wildman–Crippen MR) is 71.2 cm³/mol. The van der Waals surface area contributed by atoms with Gasteiger partial charge in [0.15, 0.2) is 0 Å². The lowest BCUT2D eigenvalue weighted by Gasteiger charge is -2.28. The molecule has 104 valence electrons. The Labute approximate surface area is 113 Å². The Morgan fingerprint density at radius 2 is 1.89 bits per heavy atom. The molecule has 19 heavy (non-hydrogen) atoms. The molecular formula is C15H20FNO2. The molecule has 2 rings (SSSR count). The lowest BCUT2D eigenvalue weighted by atomic mass is 10.0. The minimum absolute atomic E-state index is 0.0491. The minimum Gasteiger partial charge on any atom is -0.388 e. The van der Waals surface area contributed by atoms with Crippen LogP contribution in [0.3, 0.4) is 0 Å². The molecule has 0 bridgehead atoms. The van der Waals surface area contributed by atoms with E-state index in [1.807, 2.05) is 0 Å². The van der Waals surface area contributed by atoms with Crippen LogP contribution in [-0.4, -0.2) is 35.1 Å². The SMILES string of the molecule is CN(CC1(O)CCCC1)C(=O)Cc1ccc(F)cc1. The zero-order chi connectivity index (χ0) is 13.9. The van der Waals surface area contributed by atoms with Crippen molar-refractivity contribution in [2.75, 3.05) is 13.6 Å². The van der Waals surface area contributed by atoms with Crippen molar-refractivity contribution in [2.24, 2.45) is 0 Å². The average molecular weight is 265 g/mol. The highest BCUT2D eigenvalue weighted by Crippen LogP contribution is 2.30. The quantitative estimate of drug-likeness (QED) is 0.906. The van der Waals surface area contributed by atoms with Crippen molar-refractivity contribution >= 4 is 5.91 Å². The Morgan fingerprint density at radius 3 is 2.47 bits per heavy atom. The topological polar surface area (TPSA) is 40.5 Å². The van der Waals surface area contributed by atoms with Crippen molar-refractivity contribution in [1.29, 1.82) is 0 Å². The van der Waals surface area contributed by atoms with Crippen molar-refractivity contribution in [3.63, 3.8) is 0 Å². The summed E-state index contributed by atoms with van der Waals surface area (Å²) < 4.78 is 12.8. The van der Waals surface area contributed by atoms with Gasteiger partial charge in [0, 0.05) is 13.6 Å². The van der Waals surface area contributed by atoms with E-state index in [0.717, 1.165) is 31.2 Å². The maximum absolute atomic E-state index is 12.8. The lowest BCUT2D eigenvalue weighted by Crippen LogP contribution is -2.42. The molecule has 0 atom stereocenters. The largest absolute Gasteiger partial charge is 0.388 e. The van der Waals surface area contributed by atoms with Gasteiger partial charge in [-0.05, 0) is 30.5 Å². The minimum atomic E-state index is -0.715. The van der Waals surface area contributed by atoms with Gasteiger partial charge >= 0.3 is 0 Å². The van der Waals surface area contributed by atoms with E-state index in [2.05, 4.69) is 0 Å². The Hall–Kier alpha value is -1.42. The highest BCUT2D eigenvalue weighted by atomic mass is 19.1. The number of nitrogens with zero attached hydrogens (tertiary/aromatic N) is 1. The van der Waals surface area contributed by atoms with Gasteiger partial charge in [-0.3, -0.25) is 4.79 Å². The summed E-state index contributed by atoms with van der Waals surface area (Å²) in [5, 5.41) is 10.3. The molecule has 1 amide bonds. The summed E-state index contributed by atoms with van der Waals surface area (Å²) in [6.45, 7) is 0.382. The van der Waals surface area contributed by atoms with Crippen LogP contribution in [0.5, 0.6) is 0 Å². The zero-order valence-corrected chi connectivity index (χ0v) is 11.2. The van der Waals surface area contributed by atoms with Gasteiger partial charge < -0.3 is 10.0 Å². The summed E-state index contributed by atoms with van der Waals surface area (Å²) in [4.78, 5) is 13.6. The van der Waals surface area contributed by atoms with Gasteiger partial charge in [0.05, 0.1) is 12.0 Å². The number of carbonyl (C=O) groups is 1. The molecule has 0 radical (unpaired) electrons. The molecule has 0 aliphatic heterocycles. The average Bonchev–Trinajstić information content (AvgIpc) is 2.78.